The van der Waals surface area contributed by atoms with Crippen molar-refractivity contribution in [2.45, 2.75) is 4.90 Å². The first kappa shape index (κ1) is 16.2. The van der Waals surface area contributed by atoms with Crippen LogP contribution in [0.4, 0.5) is 11.6 Å². The molecule has 1 aliphatic rings. The Morgan fingerprint density at radius 1 is 1.09 bits per heavy atom. The van der Waals surface area contributed by atoms with Crippen LogP contribution in [0.15, 0.2) is 46.0 Å². The number of morpholine rings is 1. The van der Waals surface area contributed by atoms with Gasteiger partial charge in [0, 0.05) is 17.6 Å². The lowest BCUT2D eigenvalue weighted by Gasteiger charge is -2.26. The van der Waals surface area contributed by atoms with Crippen LogP contribution in [-0.2, 0) is 14.8 Å². The third-order valence-electron chi connectivity index (χ3n) is 3.31. The van der Waals surface area contributed by atoms with Crippen molar-refractivity contribution in [3.63, 3.8) is 0 Å². The minimum Gasteiger partial charge on any atom is -0.378 e. The lowest BCUT2D eigenvalue weighted by Crippen LogP contribution is -2.37. The predicted octanol–water partition coefficient (Wildman–Crippen LogP) is 1.88. The third kappa shape index (κ3) is 3.98. The molecule has 1 saturated heterocycles. The van der Waals surface area contributed by atoms with Gasteiger partial charge in [0.15, 0.2) is 0 Å². The highest BCUT2D eigenvalue weighted by Gasteiger charge is 2.16. The number of nitrogens with zero attached hydrogens (tertiary/aromatic N) is 3. The second kappa shape index (κ2) is 6.81. The van der Waals surface area contributed by atoms with Crippen LogP contribution >= 0.6 is 15.9 Å². The monoisotopic (exact) mass is 398 g/mol. The van der Waals surface area contributed by atoms with Gasteiger partial charge < -0.3 is 9.64 Å². The summed E-state index contributed by atoms with van der Waals surface area (Å²) in [4.78, 5) is 10.6. The minimum absolute atomic E-state index is 0.179. The molecule has 0 spiro atoms. The van der Waals surface area contributed by atoms with Crippen molar-refractivity contribution in [1.82, 2.24) is 9.97 Å². The number of anilines is 2. The summed E-state index contributed by atoms with van der Waals surface area (Å²) in [6, 6.07) is 6.39. The van der Waals surface area contributed by atoms with Crippen LogP contribution in [0.5, 0.6) is 0 Å². The van der Waals surface area contributed by atoms with Gasteiger partial charge in [0.2, 0.25) is 5.95 Å². The van der Waals surface area contributed by atoms with Gasteiger partial charge in [-0.2, -0.15) is 0 Å². The van der Waals surface area contributed by atoms with E-state index in [0.717, 1.165) is 17.6 Å². The molecule has 0 atom stereocenters. The lowest BCUT2D eigenvalue weighted by atomic mass is 10.4. The number of nitrogens with one attached hydrogen (secondary N) is 1. The van der Waals surface area contributed by atoms with Gasteiger partial charge >= 0.3 is 0 Å². The van der Waals surface area contributed by atoms with E-state index in [1.54, 1.807) is 12.1 Å². The van der Waals surface area contributed by atoms with Gasteiger partial charge in [-0.1, -0.05) is 15.9 Å². The number of halogens is 1. The van der Waals surface area contributed by atoms with Crippen LogP contribution in [0.25, 0.3) is 0 Å². The number of hydrogen-bond acceptors (Lipinski definition) is 6. The average molecular weight is 399 g/mol. The van der Waals surface area contributed by atoms with Gasteiger partial charge in [-0.25, -0.2) is 18.4 Å². The van der Waals surface area contributed by atoms with Gasteiger partial charge in [0.05, 0.1) is 36.2 Å². The fourth-order valence-corrected chi connectivity index (χ4v) is 3.42. The maximum absolute atomic E-state index is 12.3. The second-order valence-electron chi connectivity index (χ2n) is 4.93. The van der Waals surface area contributed by atoms with E-state index >= 15 is 0 Å². The molecule has 2 aromatic rings. The highest BCUT2D eigenvalue weighted by molar-refractivity contribution is 9.10. The Hall–Kier alpha value is -1.71. The number of benzene rings is 1. The Labute approximate surface area is 142 Å². The molecule has 3 rings (SSSR count). The zero-order valence-corrected chi connectivity index (χ0v) is 14.5. The maximum atomic E-state index is 12.3. The zero-order valence-electron chi connectivity index (χ0n) is 12.1. The molecule has 0 bridgehead atoms. The highest BCUT2D eigenvalue weighted by atomic mass is 79.9. The molecule has 1 fully saturated rings. The van der Waals surface area contributed by atoms with Crippen LogP contribution in [-0.4, -0.2) is 44.7 Å². The van der Waals surface area contributed by atoms with Gasteiger partial charge in [0.25, 0.3) is 10.0 Å². The molecule has 0 aliphatic carbocycles. The van der Waals surface area contributed by atoms with Crippen LogP contribution in [0.3, 0.4) is 0 Å². The van der Waals surface area contributed by atoms with Crippen LogP contribution in [0, 0.1) is 0 Å². The summed E-state index contributed by atoms with van der Waals surface area (Å²) in [5.74, 6) is 0.569. The first-order valence-corrected chi connectivity index (χ1v) is 9.25. The maximum Gasteiger partial charge on any atom is 0.261 e. The van der Waals surface area contributed by atoms with Crippen molar-refractivity contribution in [2.75, 3.05) is 35.9 Å². The van der Waals surface area contributed by atoms with E-state index in [1.165, 1.54) is 24.5 Å². The standard InChI is InChI=1S/C14H15BrN4O3S/c15-11-1-3-13(4-2-11)23(20,21)18-12-9-16-14(17-10-12)19-5-7-22-8-6-19/h1-4,9-10,18H,5-8H2. The molecule has 1 aromatic carbocycles. The summed E-state index contributed by atoms with van der Waals surface area (Å²) < 4.78 is 33.1. The Morgan fingerprint density at radius 2 is 1.70 bits per heavy atom. The Bertz CT molecular complexity index is 760. The number of ether oxygens (including phenoxy) is 1. The van der Waals surface area contributed by atoms with Gasteiger partial charge in [-0.15, -0.1) is 0 Å². The predicted molar refractivity (Wildman–Crippen MR) is 90.0 cm³/mol. The number of hydrogen-bond donors (Lipinski definition) is 1. The molecule has 2 heterocycles. The summed E-state index contributed by atoms with van der Waals surface area (Å²) in [5, 5.41) is 0. The molecule has 1 aliphatic heterocycles. The molecule has 0 radical (unpaired) electrons. The first-order chi connectivity index (χ1) is 11.0. The largest absolute Gasteiger partial charge is 0.378 e. The SMILES string of the molecule is O=S(=O)(Nc1cnc(N2CCOCC2)nc1)c1ccc(Br)cc1. The Kier molecular flexibility index (Phi) is 4.79. The molecule has 23 heavy (non-hydrogen) atoms. The van der Waals surface area contributed by atoms with Crippen molar-refractivity contribution in [3.05, 3.63) is 41.1 Å². The summed E-state index contributed by atoms with van der Waals surface area (Å²) >= 11 is 3.28. The molecule has 7 nitrogen and oxygen atoms in total. The minimum atomic E-state index is -3.65. The van der Waals surface area contributed by atoms with Gasteiger partial charge in [-0.05, 0) is 24.3 Å². The molecular formula is C14H15BrN4O3S. The van der Waals surface area contributed by atoms with E-state index in [1.807, 2.05) is 4.90 Å². The Morgan fingerprint density at radius 3 is 2.30 bits per heavy atom. The molecule has 1 N–H and O–H groups in total. The first-order valence-electron chi connectivity index (χ1n) is 6.98. The lowest BCUT2D eigenvalue weighted by molar-refractivity contribution is 0.122. The number of aromatic nitrogens is 2. The van der Waals surface area contributed by atoms with Gasteiger partial charge in [0.1, 0.15) is 0 Å². The fourth-order valence-electron chi connectivity index (χ4n) is 2.13. The fraction of sp³-hybridized carbons (Fsp3) is 0.286. The summed E-state index contributed by atoms with van der Waals surface area (Å²) in [6.45, 7) is 2.73. The zero-order chi connectivity index (χ0) is 16.3. The third-order valence-corrected chi connectivity index (χ3v) is 5.23. The van der Waals surface area contributed by atoms with E-state index in [9.17, 15) is 8.42 Å². The smallest absolute Gasteiger partial charge is 0.261 e. The van der Waals surface area contributed by atoms with E-state index in [0.29, 0.717) is 24.8 Å². The second-order valence-corrected chi connectivity index (χ2v) is 7.53. The summed E-state index contributed by atoms with van der Waals surface area (Å²) in [6.07, 6.45) is 2.93. The van der Waals surface area contributed by atoms with Crippen molar-refractivity contribution in [3.8, 4) is 0 Å². The van der Waals surface area contributed by atoms with Gasteiger partial charge in [-0.3, -0.25) is 4.72 Å². The van der Waals surface area contributed by atoms with Crippen LogP contribution in [0.2, 0.25) is 0 Å². The number of sulfonamides is 1. The molecule has 9 heteroatoms. The average Bonchev–Trinajstić information content (AvgIpc) is 2.56. The molecular weight excluding hydrogens is 384 g/mol. The van der Waals surface area contributed by atoms with Crippen molar-refractivity contribution in [1.29, 1.82) is 0 Å². The number of rotatable bonds is 4. The molecule has 0 amide bonds. The van der Waals surface area contributed by atoms with Crippen molar-refractivity contribution >= 4 is 37.6 Å². The normalized spacial score (nSPS) is 15.4. The summed E-state index contributed by atoms with van der Waals surface area (Å²) in [7, 11) is -3.65. The molecule has 122 valence electrons. The van der Waals surface area contributed by atoms with E-state index in [-0.39, 0.29) is 4.90 Å². The molecule has 0 saturated carbocycles. The Balaban J connectivity index is 1.73. The molecule has 1 aromatic heterocycles. The van der Waals surface area contributed by atoms with E-state index in [4.69, 9.17) is 4.74 Å². The topological polar surface area (TPSA) is 84.4 Å². The highest BCUT2D eigenvalue weighted by Crippen LogP contribution is 2.18. The van der Waals surface area contributed by atoms with E-state index < -0.39 is 10.0 Å². The van der Waals surface area contributed by atoms with Crippen LogP contribution in [0.1, 0.15) is 0 Å². The van der Waals surface area contributed by atoms with Crippen LogP contribution < -0.4 is 9.62 Å². The summed E-state index contributed by atoms with van der Waals surface area (Å²) in [5.41, 5.74) is 0.324. The molecule has 0 unspecified atom stereocenters. The van der Waals surface area contributed by atoms with Crippen molar-refractivity contribution in [2.24, 2.45) is 0 Å². The van der Waals surface area contributed by atoms with E-state index in [2.05, 4.69) is 30.6 Å². The quantitative estimate of drug-likeness (QED) is 0.845. The van der Waals surface area contributed by atoms with Crippen molar-refractivity contribution < 1.29 is 13.2 Å².